The monoisotopic (exact) mass is 226 g/mol. The molecule has 0 radical (unpaired) electrons. The molecule has 3 nitrogen and oxygen atoms in total. The molecule has 1 heterocycles. The van der Waals surface area contributed by atoms with Crippen LogP contribution in [0.5, 0.6) is 0 Å². The highest BCUT2D eigenvalue weighted by molar-refractivity contribution is 5.96. The Kier molecular flexibility index (Phi) is 3.19. The number of nitrogens with zero attached hydrogens (tertiary/aromatic N) is 1. The van der Waals surface area contributed by atoms with Gasteiger partial charge in [-0.05, 0) is 18.2 Å². The molecule has 0 saturated carbocycles. The molecule has 0 aliphatic rings. The van der Waals surface area contributed by atoms with Crippen molar-refractivity contribution in [2.75, 3.05) is 5.73 Å². The molecule has 2 N–H and O–H groups in total. The third-order valence-electron chi connectivity index (χ3n) is 2.57. The van der Waals surface area contributed by atoms with E-state index in [0.29, 0.717) is 17.8 Å². The number of hydrogen-bond donors (Lipinski definition) is 1. The molecule has 0 spiro atoms. The lowest BCUT2D eigenvalue weighted by molar-refractivity contribution is 0.0988. The van der Waals surface area contributed by atoms with E-state index in [9.17, 15) is 4.79 Å². The van der Waals surface area contributed by atoms with E-state index in [-0.39, 0.29) is 5.78 Å². The van der Waals surface area contributed by atoms with Crippen molar-refractivity contribution in [1.29, 1.82) is 0 Å². The highest BCUT2D eigenvalue weighted by atomic mass is 16.1. The second-order valence-electron chi connectivity index (χ2n) is 3.81. The van der Waals surface area contributed by atoms with Crippen molar-refractivity contribution in [3.8, 4) is 11.3 Å². The van der Waals surface area contributed by atoms with Crippen molar-refractivity contribution in [2.24, 2.45) is 0 Å². The zero-order chi connectivity index (χ0) is 12.3. The Bertz CT molecular complexity index is 549. The lowest BCUT2D eigenvalue weighted by Gasteiger charge is -2.04. The van der Waals surface area contributed by atoms with Crippen molar-refractivity contribution in [2.45, 2.75) is 13.3 Å². The first kappa shape index (κ1) is 11.3. The van der Waals surface area contributed by atoms with E-state index in [1.165, 1.54) is 0 Å². The maximum absolute atomic E-state index is 11.6. The van der Waals surface area contributed by atoms with E-state index in [2.05, 4.69) is 4.98 Å². The Morgan fingerprint density at radius 1 is 1.24 bits per heavy atom. The number of nitrogens with two attached hydrogens (primary N) is 1. The molecule has 2 rings (SSSR count). The summed E-state index contributed by atoms with van der Waals surface area (Å²) in [6.45, 7) is 1.85. The van der Waals surface area contributed by atoms with E-state index in [0.717, 1.165) is 11.3 Å². The predicted molar refractivity (Wildman–Crippen MR) is 68.7 cm³/mol. The summed E-state index contributed by atoms with van der Waals surface area (Å²) in [4.78, 5) is 15.9. The molecular formula is C14H14N2O. The van der Waals surface area contributed by atoms with Crippen LogP contribution in [0.4, 0.5) is 5.82 Å². The zero-order valence-electron chi connectivity index (χ0n) is 9.68. The van der Waals surface area contributed by atoms with Crippen LogP contribution in [0.3, 0.4) is 0 Å². The first-order chi connectivity index (χ1) is 8.20. The Morgan fingerprint density at radius 2 is 2.00 bits per heavy atom. The van der Waals surface area contributed by atoms with Gasteiger partial charge in [-0.1, -0.05) is 31.2 Å². The first-order valence-corrected chi connectivity index (χ1v) is 5.57. The summed E-state index contributed by atoms with van der Waals surface area (Å²) < 4.78 is 0. The van der Waals surface area contributed by atoms with Crippen LogP contribution < -0.4 is 5.73 Å². The molecule has 1 aromatic carbocycles. The van der Waals surface area contributed by atoms with E-state index in [1.807, 2.05) is 43.3 Å². The SMILES string of the molecule is CCC(=O)c1cccc(-c2cccc(N)n2)c1. The van der Waals surface area contributed by atoms with Crippen LogP contribution in [-0.4, -0.2) is 10.8 Å². The lowest BCUT2D eigenvalue weighted by Crippen LogP contribution is -1.97. The number of rotatable bonds is 3. The molecule has 86 valence electrons. The topological polar surface area (TPSA) is 56.0 Å². The maximum Gasteiger partial charge on any atom is 0.162 e. The van der Waals surface area contributed by atoms with Crippen molar-refractivity contribution in [1.82, 2.24) is 4.98 Å². The molecule has 0 atom stereocenters. The molecule has 0 fully saturated rings. The van der Waals surface area contributed by atoms with Gasteiger partial charge in [0, 0.05) is 17.5 Å². The van der Waals surface area contributed by atoms with E-state index in [4.69, 9.17) is 5.73 Å². The smallest absolute Gasteiger partial charge is 0.162 e. The zero-order valence-corrected chi connectivity index (χ0v) is 9.68. The van der Waals surface area contributed by atoms with Gasteiger partial charge in [0.1, 0.15) is 5.82 Å². The average Bonchev–Trinajstić information content (AvgIpc) is 2.38. The van der Waals surface area contributed by atoms with Crippen molar-refractivity contribution >= 4 is 11.6 Å². The summed E-state index contributed by atoms with van der Waals surface area (Å²) >= 11 is 0. The van der Waals surface area contributed by atoms with Crippen LogP contribution >= 0.6 is 0 Å². The minimum Gasteiger partial charge on any atom is -0.384 e. The van der Waals surface area contributed by atoms with Crippen LogP contribution in [0.2, 0.25) is 0 Å². The number of hydrogen-bond acceptors (Lipinski definition) is 3. The lowest BCUT2D eigenvalue weighted by atomic mass is 10.0. The van der Waals surface area contributed by atoms with E-state index < -0.39 is 0 Å². The highest BCUT2D eigenvalue weighted by Crippen LogP contribution is 2.19. The van der Waals surface area contributed by atoms with Gasteiger partial charge < -0.3 is 5.73 Å². The largest absolute Gasteiger partial charge is 0.384 e. The summed E-state index contributed by atoms with van der Waals surface area (Å²) in [5.41, 5.74) is 8.06. The number of pyridine rings is 1. The van der Waals surface area contributed by atoms with Crippen LogP contribution in [0.1, 0.15) is 23.7 Å². The van der Waals surface area contributed by atoms with Gasteiger partial charge in [-0.15, -0.1) is 0 Å². The average molecular weight is 226 g/mol. The van der Waals surface area contributed by atoms with Crippen molar-refractivity contribution < 1.29 is 4.79 Å². The van der Waals surface area contributed by atoms with Crippen molar-refractivity contribution in [3.63, 3.8) is 0 Å². The van der Waals surface area contributed by atoms with E-state index >= 15 is 0 Å². The van der Waals surface area contributed by atoms with Gasteiger partial charge in [-0.3, -0.25) is 4.79 Å². The summed E-state index contributed by atoms with van der Waals surface area (Å²) in [6.07, 6.45) is 0.508. The molecule has 17 heavy (non-hydrogen) atoms. The van der Waals surface area contributed by atoms with E-state index in [1.54, 1.807) is 6.07 Å². The van der Waals surface area contributed by atoms with Gasteiger partial charge in [0.25, 0.3) is 0 Å². The fraction of sp³-hybridized carbons (Fsp3) is 0.143. The predicted octanol–water partition coefficient (Wildman–Crippen LogP) is 2.92. The molecular weight excluding hydrogens is 212 g/mol. The fourth-order valence-electron chi connectivity index (χ4n) is 1.67. The summed E-state index contributed by atoms with van der Waals surface area (Å²) in [6, 6.07) is 12.9. The van der Waals surface area contributed by atoms with Crippen LogP contribution in [0.15, 0.2) is 42.5 Å². The minimum absolute atomic E-state index is 0.135. The molecule has 2 aromatic rings. The Hall–Kier alpha value is -2.16. The summed E-state index contributed by atoms with van der Waals surface area (Å²) in [5, 5.41) is 0. The standard InChI is InChI=1S/C14H14N2O/c1-2-13(17)11-6-3-5-10(9-11)12-7-4-8-14(15)16-12/h3-9H,2H2,1H3,(H2,15,16). The Labute approximate surface area is 100 Å². The third kappa shape index (κ3) is 2.50. The number of ketones is 1. The molecule has 3 heteroatoms. The van der Waals surface area contributed by atoms with Crippen LogP contribution in [0.25, 0.3) is 11.3 Å². The molecule has 0 aliphatic heterocycles. The van der Waals surface area contributed by atoms with Gasteiger partial charge in [-0.2, -0.15) is 0 Å². The molecule has 0 bridgehead atoms. The Balaban J connectivity index is 2.43. The first-order valence-electron chi connectivity index (χ1n) is 5.57. The second kappa shape index (κ2) is 4.78. The van der Waals surface area contributed by atoms with Crippen molar-refractivity contribution in [3.05, 3.63) is 48.0 Å². The number of nitrogen functional groups attached to an aromatic ring is 1. The third-order valence-corrected chi connectivity index (χ3v) is 2.57. The highest BCUT2D eigenvalue weighted by Gasteiger charge is 2.05. The van der Waals surface area contributed by atoms with Gasteiger partial charge >= 0.3 is 0 Å². The van der Waals surface area contributed by atoms with Gasteiger partial charge in [0.2, 0.25) is 0 Å². The fourth-order valence-corrected chi connectivity index (χ4v) is 1.67. The summed E-state index contributed by atoms with van der Waals surface area (Å²) in [5.74, 6) is 0.616. The van der Waals surface area contributed by atoms with Gasteiger partial charge in [0.15, 0.2) is 5.78 Å². The number of Topliss-reactive ketones (excluding diaryl/α,β-unsaturated/α-hetero) is 1. The summed E-state index contributed by atoms with van der Waals surface area (Å²) in [7, 11) is 0. The normalized spacial score (nSPS) is 10.2. The van der Waals surface area contributed by atoms with Gasteiger partial charge in [0.05, 0.1) is 5.69 Å². The molecule has 0 unspecified atom stereocenters. The maximum atomic E-state index is 11.6. The van der Waals surface area contributed by atoms with Crippen LogP contribution in [0, 0.1) is 0 Å². The quantitative estimate of drug-likeness (QED) is 0.818. The molecule has 0 amide bonds. The molecule has 1 aromatic heterocycles. The number of aromatic nitrogens is 1. The van der Waals surface area contributed by atoms with Gasteiger partial charge in [-0.25, -0.2) is 4.98 Å². The number of carbonyl (C=O) groups is 1. The molecule has 0 aliphatic carbocycles. The number of benzene rings is 1. The van der Waals surface area contributed by atoms with Crippen LogP contribution in [-0.2, 0) is 0 Å². The minimum atomic E-state index is 0.135. The molecule has 0 saturated heterocycles. The number of carbonyl (C=O) groups excluding carboxylic acids is 1. The second-order valence-corrected chi connectivity index (χ2v) is 3.81. The Morgan fingerprint density at radius 3 is 2.71 bits per heavy atom. The number of anilines is 1.